The number of phenolic OH excluding ortho intramolecular Hbond substituents is 2. The third-order valence-corrected chi connectivity index (χ3v) is 1.67. The Hall–Kier alpha value is -2.44. The van der Waals surface area contributed by atoms with Gasteiger partial charge in [0.05, 0.1) is 0 Å². The Morgan fingerprint density at radius 2 is 2.20 bits per heavy atom. The molecule has 0 fully saturated rings. The molecular weight excluding hydrogens is 198 g/mol. The van der Waals surface area contributed by atoms with E-state index in [0.717, 1.165) is 0 Å². The predicted molar refractivity (Wildman–Crippen MR) is 51.2 cm³/mol. The molecule has 0 saturated carbocycles. The zero-order chi connectivity index (χ0) is 10.7. The second-order valence-electron chi connectivity index (χ2n) is 2.71. The van der Waals surface area contributed by atoms with Gasteiger partial charge in [-0.1, -0.05) is 5.10 Å². The first-order valence-corrected chi connectivity index (χ1v) is 4.05. The second-order valence-corrected chi connectivity index (χ2v) is 2.71. The van der Waals surface area contributed by atoms with Crippen LogP contribution in [0.1, 0.15) is 5.56 Å². The van der Waals surface area contributed by atoms with E-state index in [2.05, 4.69) is 25.6 Å². The molecule has 1 aromatic carbocycles. The van der Waals surface area contributed by atoms with Crippen LogP contribution in [0.15, 0.2) is 23.2 Å². The van der Waals surface area contributed by atoms with Crippen LogP contribution in [-0.4, -0.2) is 37.1 Å². The first kappa shape index (κ1) is 9.13. The molecule has 1 aromatic heterocycles. The highest BCUT2D eigenvalue weighted by Crippen LogP contribution is 2.21. The Kier molecular flexibility index (Phi) is 2.28. The molecule has 0 spiro atoms. The number of phenols is 2. The van der Waals surface area contributed by atoms with Gasteiger partial charge in [0, 0.05) is 17.8 Å². The normalized spacial score (nSPS) is 10.9. The monoisotopic (exact) mass is 205 g/mol. The highest BCUT2D eigenvalue weighted by molar-refractivity contribution is 5.84. The number of aromatic nitrogens is 4. The van der Waals surface area contributed by atoms with E-state index in [1.54, 1.807) is 0 Å². The minimum atomic E-state index is -0.0674. The Morgan fingerprint density at radius 3 is 2.87 bits per heavy atom. The van der Waals surface area contributed by atoms with Crippen molar-refractivity contribution in [1.82, 2.24) is 20.6 Å². The van der Waals surface area contributed by atoms with Crippen LogP contribution in [0.25, 0.3) is 0 Å². The van der Waals surface area contributed by atoms with Crippen LogP contribution in [0.3, 0.4) is 0 Å². The van der Waals surface area contributed by atoms with Gasteiger partial charge < -0.3 is 10.2 Å². The van der Waals surface area contributed by atoms with Crippen molar-refractivity contribution in [1.29, 1.82) is 0 Å². The van der Waals surface area contributed by atoms with E-state index in [4.69, 9.17) is 5.11 Å². The first-order valence-electron chi connectivity index (χ1n) is 4.05. The molecule has 7 heteroatoms. The standard InChI is InChI=1S/C8H7N5O2/c14-6-2-1-5(7(15)3-6)4-9-8-10-12-13-11-8/h1-4,14-15H,(H,10,11,12,13)/b9-4+. The van der Waals surface area contributed by atoms with Crippen molar-refractivity contribution in [3.05, 3.63) is 23.8 Å². The van der Waals surface area contributed by atoms with Crippen LogP contribution < -0.4 is 0 Å². The number of nitrogens with one attached hydrogen (secondary N) is 1. The Morgan fingerprint density at radius 1 is 1.33 bits per heavy atom. The van der Waals surface area contributed by atoms with Crippen molar-refractivity contribution >= 4 is 12.2 Å². The van der Waals surface area contributed by atoms with E-state index in [-0.39, 0.29) is 17.4 Å². The minimum absolute atomic E-state index is 0.00999. The number of rotatable bonds is 2. The van der Waals surface area contributed by atoms with Gasteiger partial charge in [-0.15, -0.1) is 5.10 Å². The largest absolute Gasteiger partial charge is 0.508 e. The summed E-state index contributed by atoms with van der Waals surface area (Å²) in [5.74, 6) is 0.0916. The number of aromatic amines is 1. The zero-order valence-electron chi connectivity index (χ0n) is 7.49. The average molecular weight is 205 g/mol. The third kappa shape index (κ3) is 2.08. The number of H-pyrrole nitrogens is 1. The molecule has 2 rings (SSSR count). The number of nitrogens with zero attached hydrogens (tertiary/aromatic N) is 4. The fourth-order valence-corrected chi connectivity index (χ4v) is 0.980. The molecule has 3 N–H and O–H groups in total. The zero-order valence-corrected chi connectivity index (χ0v) is 7.49. The molecule has 0 atom stereocenters. The van der Waals surface area contributed by atoms with E-state index in [1.807, 2.05) is 0 Å². The van der Waals surface area contributed by atoms with Gasteiger partial charge in [-0.2, -0.15) is 5.21 Å². The molecule has 7 nitrogen and oxygen atoms in total. The Bertz CT molecular complexity index is 480. The third-order valence-electron chi connectivity index (χ3n) is 1.67. The number of aliphatic imine (C=N–C) groups is 1. The summed E-state index contributed by atoms with van der Waals surface area (Å²) in [6.07, 6.45) is 1.37. The van der Waals surface area contributed by atoms with Gasteiger partial charge in [0.25, 0.3) is 5.95 Å². The molecule has 0 saturated heterocycles. The number of tetrazole rings is 1. The van der Waals surface area contributed by atoms with Crippen LogP contribution >= 0.6 is 0 Å². The van der Waals surface area contributed by atoms with Crippen molar-refractivity contribution in [2.75, 3.05) is 0 Å². The lowest BCUT2D eigenvalue weighted by atomic mass is 10.2. The number of hydrogen-bond donors (Lipinski definition) is 3. The van der Waals surface area contributed by atoms with Crippen LogP contribution in [0, 0.1) is 0 Å². The first-order chi connectivity index (χ1) is 7.25. The maximum Gasteiger partial charge on any atom is 0.288 e. The van der Waals surface area contributed by atoms with E-state index in [0.29, 0.717) is 5.56 Å². The van der Waals surface area contributed by atoms with Crippen molar-refractivity contribution in [3.63, 3.8) is 0 Å². The molecule has 0 aliphatic carbocycles. The van der Waals surface area contributed by atoms with Crippen LogP contribution in [0.5, 0.6) is 11.5 Å². The van der Waals surface area contributed by atoms with Crippen molar-refractivity contribution in [3.8, 4) is 11.5 Å². The molecule has 0 aliphatic rings. The predicted octanol–water partition coefficient (Wildman–Crippen LogP) is 0.361. The summed E-state index contributed by atoms with van der Waals surface area (Å²) in [4.78, 5) is 3.84. The molecule has 15 heavy (non-hydrogen) atoms. The van der Waals surface area contributed by atoms with Crippen LogP contribution in [-0.2, 0) is 0 Å². The molecule has 2 aromatic rings. The van der Waals surface area contributed by atoms with Gasteiger partial charge in [0.1, 0.15) is 11.5 Å². The molecule has 0 aliphatic heterocycles. The fourth-order valence-electron chi connectivity index (χ4n) is 0.980. The van der Waals surface area contributed by atoms with Gasteiger partial charge in [-0.05, 0) is 17.3 Å². The quantitative estimate of drug-likeness (QED) is 0.613. The molecule has 0 radical (unpaired) electrons. The van der Waals surface area contributed by atoms with Gasteiger partial charge in [-0.25, -0.2) is 4.99 Å². The van der Waals surface area contributed by atoms with Gasteiger partial charge in [0.2, 0.25) is 0 Å². The summed E-state index contributed by atoms with van der Waals surface area (Å²) in [6, 6.07) is 4.18. The SMILES string of the molecule is Oc1ccc(/C=N/c2nn[nH]n2)c(O)c1. The lowest BCUT2D eigenvalue weighted by molar-refractivity contribution is 0.450. The maximum absolute atomic E-state index is 9.40. The molecule has 0 bridgehead atoms. The van der Waals surface area contributed by atoms with Gasteiger partial charge in [-0.3, -0.25) is 0 Å². The van der Waals surface area contributed by atoms with Crippen molar-refractivity contribution < 1.29 is 10.2 Å². The molecular formula is C8H7N5O2. The molecule has 0 amide bonds. The highest BCUT2D eigenvalue weighted by Gasteiger charge is 1.99. The molecule has 76 valence electrons. The van der Waals surface area contributed by atoms with E-state index in [1.165, 1.54) is 24.4 Å². The summed E-state index contributed by atoms with van der Waals surface area (Å²) in [5, 5.41) is 31.2. The molecule has 0 unspecified atom stereocenters. The van der Waals surface area contributed by atoms with E-state index in [9.17, 15) is 5.11 Å². The van der Waals surface area contributed by atoms with Crippen molar-refractivity contribution in [2.24, 2.45) is 4.99 Å². The summed E-state index contributed by atoms with van der Waals surface area (Å²) in [5.41, 5.74) is 0.456. The Balaban J connectivity index is 2.24. The van der Waals surface area contributed by atoms with E-state index >= 15 is 0 Å². The van der Waals surface area contributed by atoms with Crippen LogP contribution in [0.2, 0.25) is 0 Å². The average Bonchev–Trinajstić information content (AvgIpc) is 2.69. The Labute approximate surface area is 84.1 Å². The molecule has 1 heterocycles. The second kappa shape index (κ2) is 3.74. The smallest absolute Gasteiger partial charge is 0.288 e. The van der Waals surface area contributed by atoms with E-state index < -0.39 is 0 Å². The summed E-state index contributed by atoms with van der Waals surface area (Å²) in [7, 11) is 0. The summed E-state index contributed by atoms with van der Waals surface area (Å²) in [6.45, 7) is 0. The van der Waals surface area contributed by atoms with Gasteiger partial charge >= 0.3 is 0 Å². The summed E-state index contributed by atoms with van der Waals surface area (Å²) >= 11 is 0. The van der Waals surface area contributed by atoms with Crippen molar-refractivity contribution in [2.45, 2.75) is 0 Å². The minimum Gasteiger partial charge on any atom is -0.508 e. The maximum atomic E-state index is 9.40. The fraction of sp³-hybridized carbons (Fsp3) is 0. The number of benzene rings is 1. The highest BCUT2D eigenvalue weighted by atomic mass is 16.3. The van der Waals surface area contributed by atoms with Crippen LogP contribution in [0.4, 0.5) is 5.95 Å². The van der Waals surface area contributed by atoms with Gasteiger partial charge in [0.15, 0.2) is 0 Å². The lowest BCUT2D eigenvalue weighted by Gasteiger charge is -1.97. The number of hydrogen-bond acceptors (Lipinski definition) is 6. The lowest BCUT2D eigenvalue weighted by Crippen LogP contribution is -1.82. The summed E-state index contributed by atoms with van der Waals surface area (Å²) < 4.78 is 0. The topological polar surface area (TPSA) is 107 Å². The number of aromatic hydroxyl groups is 2.